The summed E-state index contributed by atoms with van der Waals surface area (Å²) in [6.45, 7) is 1.60. The number of carbonyl (C=O) groups excluding carboxylic acids is 2. The third-order valence-corrected chi connectivity index (χ3v) is 5.10. The number of amides is 1. The molecule has 8 heteroatoms. The molecule has 2 aliphatic rings. The summed E-state index contributed by atoms with van der Waals surface area (Å²) in [4.78, 5) is 25.9. The molecule has 0 radical (unpaired) electrons. The monoisotopic (exact) mass is 342 g/mol. The van der Waals surface area contributed by atoms with Crippen LogP contribution >= 0.6 is 0 Å². The first-order valence-electron chi connectivity index (χ1n) is 8.23. The van der Waals surface area contributed by atoms with Crippen molar-refractivity contribution in [2.75, 3.05) is 18.0 Å². The largest absolute Gasteiger partial charge is 1.00 e. The van der Waals surface area contributed by atoms with Crippen molar-refractivity contribution >= 4 is 17.6 Å². The van der Waals surface area contributed by atoms with Crippen LogP contribution in [0.25, 0.3) is 0 Å². The van der Waals surface area contributed by atoms with Gasteiger partial charge in [-0.2, -0.15) is 5.10 Å². The molecule has 1 aromatic heterocycles. The minimum absolute atomic E-state index is 0. The number of hydrogen-bond acceptors (Lipinski definition) is 5. The standard InChI is InChI=1S/C16H24N4O3.Na/c1-19-11-13(9-17-19)20-7-4-12(10-20)18-14(21)8-16(15(22)23)5-2-3-6-16;/h9,11-12H,2-8,10H2,1H3,(H,18,21)(H,22,23);/q;+1/p-1. The first-order chi connectivity index (χ1) is 11.0. The van der Waals surface area contributed by atoms with Crippen LogP contribution in [0.5, 0.6) is 0 Å². The number of aromatic nitrogens is 2. The van der Waals surface area contributed by atoms with E-state index < -0.39 is 11.4 Å². The fraction of sp³-hybridized carbons (Fsp3) is 0.688. The van der Waals surface area contributed by atoms with Gasteiger partial charge >= 0.3 is 29.6 Å². The van der Waals surface area contributed by atoms with Gasteiger partial charge in [0, 0.05) is 50.2 Å². The number of carbonyl (C=O) groups is 2. The van der Waals surface area contributed by atoms with Gasteiger partial charge in [-0.1, -0.05) is 12.8 Å². The maximum Gasteiger partial charge on any atom is 1.00 e. The smallest absolute Gasteiger partial charge is 0.550 e. The SMILES string of the molecule is Cn1cc(N2CCC(NC(=O)CC3(C(=O)[O-])CCCC3)C2)cn1.[Na+]. The Hall–Kier alpha value is -1.05. The molecule has 2 fully saturated rings. The number of hydrogen-bond donors (Lipinski definition) is 1. The first kappa shape index (κ1) is 19.3. The summed E-state index contributed by atoms with van der Waals surface area (Å²) in [5, 5.41) is 18.6. The maximum absolute atomic E-state index is 12.3. The predicted octanol–water partition coefficient (Wildman–Crippen LogP) is -3.18. The molecule has 7 nitrogen and oxygen atoms in total. The normalized spacial score (nSPS) is 22.2. The van der Waals surface area contributed by atoms with Crippen molar-refractivity contribution in [2.45, 2.75) is 44.6 Å². The molecule has 1 aromatic rings. The van der Waals surface area contributed by atoms with E-state index in [2.05, 4.69) is 15.3 Å². The van der Waals surface area contributed by atoms with Crippen LogP contribution in [-0.2, 0) is 16.6 Å². The molecule has 2 heterocycles. The Kier molecular flexibility index (Phi) is 6.33. The van der Waals surface area contributed by atoms with Gasteiger partial charge in [0.05, 0.1) is 11.9 Å². The molecule has 1 amide bonds. The number of aryl methyl sites for hydroxylation is 1. The van der Waals surface area contributed by atoms with E-state index in [0.29, 0.717) is 12.8 Å². The number of aliphatic carboxylic acids is 1. The van der Waals surface area contributed by atoms with Crippen LogP contribution in [0.2, 0.25) is 0 Å². The Labute approximate surface area is 164 Å². The van der Waals surface area contributed by atoms with E-state index in [1.807, 2.05) is 19.4 Å². The summed E-state index contributed by atoms with van der Waals surface area (Å²) in [5.74, 6) is -1.25. The molecule has 1 saturated carbocycles. The Morgan fingerprint density at radius 3 is 2.71 bits per heavy atom. The van der Waals surface area contributed by atoms with E-state index in [0.717, 1.165) is 38.0 Å². The van der Waals surface area contributed by atoms with E-state index in [-0.39, 0.29) is 47.9 Å². The minimum atomic E-state index is -1.08. The summed E-state index contributed by atoms with van der Waals surface area (Å²) in [6.07, 6.45) is 7.49. The summed E-state index contributed by atoms with van der Waals surface area (Å²) < 4.78 is 1.75. The maximum atomic E-state index is 12.3. The van der Waals surface area contributed by atoms with Gasteiger partial charge in [0.2, 0.25) is 5.91 Å². The predicted molar refractivity (Wildman–Crippen MR) is 82.5 cm³/mol. The van der Waals surface area contributed by atoms with Crippen LogP contribution in [-0.4, -0.2) is 40.8 Å². The van der Waals surface area contributed by atoms with Crippen LogP contribution in [0.15, 0.2) is 12.4 Å². The van der Waals surface area contributed by atoms with Gasteiger partial charge in [-0.3, -0.25) is 9.48 Å². The molecule has 1 unspecified atom stereocenters. The molecule has 1 atom stereocenters. The van der Waals surface area contributed by atoms with Gasteiger partial charge in [-0.05, 0) is 19.3 Å². The average molecular weight is 342 g/mol. The van der Waals surface area contributed by atoms with Gasteiger partial charge in [0.1, 0.15) is 0 Å². The second-order valence-electron chi connectivity index (χ2n) is 6.82. The minimum Gasteiger partial charge on any atom is -0.550 e. The number of carboxylic acid groups (broad SMARTS) is 1. The number of anilines is 1. The summed E-state index contributed by atoms with van der Waals surface area (Å²) in [7, 11) is 1.87. The van der Waals surface area contributed by atoms with Gasteiger partial charge in [-0.15, -0.1) is 0 Å². The van der Waals surface area contributed by atoms with E-state index in [1.165, 1.54) is 0 Å². The van der Waals surface area contributed by atoms with Crippen LogP contribution in [0, 0.1) is 5.41 Å². The summed E-state index contributed by atoms with van der Waals surface area (Å²) >= 11 is 0. The van der Waals surface area contributed by atoms with Crippen molar-refractivity contribution in [1.82, 2.24) is 15.1 Å². The van der Waals surface area contributed by atoms with Crippen molar-refractivity contribution in [3.05, 3.63) is 12.4 Å². The van der Waals surface area contributed by atoms with Gasteiger partial charge in [-0.25, -0.2) is 0 Å². The molecular weight excluding hydrogens is 319 g/mol. The number of nitrogens with zero attached hydrogens (tertiary/aromatic N) is 3. The van der Waals surface area contributed by atoms with Gasteiger partial charge in [0.15, 0.2) is 0 Å². The zero-order valence-corrected chi connectivity index (χ0v) is 16.5. The van der Waals surface area contributed by atoms with Crippen LogP contribution in [0.4, 0.5) is 5.69 Å². The quantitative estimate of drug-likeness (QED) is 0.570. The second-order valence-corrected chi connectivity index (χ2v) is 6.82. The van der Waals surface area contributed by atoms with Crippen molar-refractivity contribution in [2.24, 2.45) is 12.5 Å². The Balaban J connectivity index is 0.00000208. The molecule has 0 spiro atoms. The van der Waals surface area contributed by atoms with Crippen molar-refractivity contribution in [3.63, 3.8) is 0 Å². The van der Waals surface area contributed by atoms with E-state index in [9.17, 15) is 14.7 Å². The first-order valence-corrected chi connectivity index (χ1v) is 8.23. The third kappa shape index (κ3) is 4.13. The van der Waals surface area contributed by atoms with Crippen LogP contribution in [0.3, 0.4) is 0 Å². The van der Waals surface area contributed by atoms with Crippen LogP contribution in [0.1, 0.15) is 38.5 Å². The molecule has 0 aromatic carbocycles. The molecule has 1 saturated heterocycles. The average Bonchev–Trinajstić information content (AvgIpc) is 3.20. The number of carboxylic acids is 1. The molecule has 1 N–H and O–H groups in total. The molecular formula is C16H23N4NaO3. The fourth-order valence-electron chi connectivity index (χ4n) is 3.78. The molecule has 126 valence electrons. The fourth-order valence-corrected chi connectivity index (χ4v) is 3.78. The third-order valence-electron chi connectivity index (χ3n) is 5.10. The van der Waals surface area contributed by atoms with Crippen molar-refractivity contribution in [1.29, 1.82) is 0 Å². The number of nitrogens with one attached hydrogen (secondary N) is 1. The van der Waals surface area contributed by atoms with E-state index >= 15 is 0 Å². The molecule has 1 aliphatic carbocycles. The Morgan fingerprint density at radius 1 is 1.42 bits per heavy atom. The Morgan fingerprint density at radius 2 is 2.12 bits per heavy atom. The number of rotatable bonds is 5. The van der Waals surface area contributed by atoms with E-state index in [4.69, 9.17) is 0 Å². The topological polar surface area (TPSA) is 90.3 Å². The molecule has 1 aliphatic heterocycles. The molecule has 0 bridgehead atoms. The summed E-state index contributed by atoms with van der Waals surface area (Å²) in [5.41, 5.74) is 0.0948. The van der Waals surface area contributed by atoms with Crippen molar-refractivity contribution in [3.8, 4) is 0 Å². The van der Waals surface area contributed by atoms with Gasteiger partial charge in [0.25, 0.3) is 0 Å². The Bertz CT molecular complexity index is 598. The van der Waals surface area contributed by atoms with Gasteiger partial charge < -0.3 is 20.1 Å². The zero-order chi connectivity index (χ0) is 16.4. The summed E-state index contributed by atoms with van der Waals surface area (Å²) in [6, 6.07) is 0.0583. The zero-order valence-electron chi connectivity index (χ0n) is 14.5. The molecule has 24 heavy (non-hydrogen) atoms. The molecule has 3 rings (SSSR count). The van der Waals surface area contributed by atoms with Crippen molar-refractivity contribution < 1.29 is 44.3 Å². The second kappa shape index (κ2) is 7.89. The van der Waals surface area contributed by atoms with Crippen LogP contribution < -0.4 is 44.9 Å². The van der Waals surface area contributed by atoms with E-state index in [1.54, 1.807) is 4.68 Å².